The summed E-state index contributed by atoms with van der Waals surface area (Å²) in [5, 5.41) is 0.785. The standard InChI is InChI=1S/C6H5BBrN/c7-5-1-2-6(3-8)9-4-5/h1-2,4H,3H2. The molecule has 1 aromatic rings. The molecule has 0 bridgehead atoms. The summed E-state index contributed by atoms with van der Waals surface area (Å²) >= 11 is 3.28. The van der Waals surface area contributed by atoms with E-state index in [0.29, 0.717) is 5.46 Å². The predicted molar refractivity (Wildman–Crippen MR) is 42.3 cm³/mol. The van der Waals surface area contributed by atoms with E-state index in [1.807, 2.05) is 12.1 Å². The first-order valence-electron chi connectivity index (χ1n) is 2.59. The minimum absolute atomic E-state index is 0.708. The molecule has 0 saturated carbocycles. The van der Waals surface area contributed by atoms with Crippen molar-refractivity contribution in [2.75, 3.05) is 0 Å². The third-order valence-electron chi connectivity index (χ3n) is 0.985. The van der Waals surface area contributed by atoms with Crippen LogP contribution in [0, 0.1) is 0 Å². The highest BCUT2D eigenvalue weighted by Crippen LogP contribution is 1.97. The van der Waals surface area contributed by atoms with Crippen molar-refractivity contribution in [3.05, 3.63) is 24.0 Å². The Morgan fingerprint density at radius 3 is 2.78 bits per heavy atom. The summed E-state index contributed by atoms with van der Waals surface area (Å²) in [6, 6.07) is 3.73. The first-order valence-corrected chi connectivity index (χ1v) is 3.71. The Kier molecular flexibility index (Phi) is 2.28. The second-order valence-corrected chi connectivity index (χ2v) is 2.28. The molecular weight excluding hydrogens is 177 g/mol. The molecule has 1 rings (SSSR count). The quantitative estimate of drug-likeness (QED) is 0.461. The Hall–Kier alpha value is -0.305. The monoisotopic (exact) mass is 181 g/mol. The molecule has 0 aliphatic rings. The number of aromatic nitrogens is 1. The lowest BCUT2D eigenvalue weighted by molar-refractivity contribution is 1.20. The maximum absolute atomic E-state index is 5.40. The third-order valence-corrected chi connectivity index (χ3v) is 1.56. The maximum atomic E-state index is 5.40. The van der Waals surface area contributed by atoms with Crippen molar-refractivity contribution >= 4 is 29.2 Å². The van der Waals surface area contributed by atoms with Crippen molar-refractivity contribution in [3.8, 4) is 0 Å². The van der Waals surface area contributed by atoms with Gasteiger partial charge in [0.25, 0.3) is 0 Å². The second-order valence-electron chi connectivity index (χ2n) is 1.72. The van der Waals surface area contributed by atoms with Crippen molar-refractivity contribution in [1.82, 2.24) is 4.98 Å². The Morgan fingerprint density at radius 1 is 1.56 bits per heavy atom. The van der Waals surface area contributed by atoms with Crippen molar-refractivity contribution in [2.45, 2.75) is 5.33 Å². The fourth-order valence-corrected chi connectivity index (χ4v) is 0.847. The lowest BCUT2D eigenvalue weighted by Gasteiger charge is -1.92. The van der Waals surface area contributed by atoms with Crippen LogP contribution < -0.4 is 5.46 Å². The minimum Gasteiger partial charge on any atom is -0.261 e. The van der Waals surface area contributed by atoms with Gasteiger partial charge >= 0.3 is 0 Å². The molecule has 0 saturated heterocycles. The van der Waals surface area contributed by atoms with Crippen LogP contribution in [0.1, 0.15) is 5.69 Å². The summed E-state index contributed by atoms with van der Waals surface area (Å²) in [6.07, 6.45) is 1.65. The van der Waals surface area contributed by atoms with Crippen molar-refractivity contribution in [2.24, 2.45) is 0 Å². The topological polar surface area (TPSA) is 12.9 Å². The first-order chi connectivity index (χ1) is 4.33. The number of alkyl halides is 1. The van der Waals surface area contributed by atoms with Crippen LogP contribution in [0.3, 0.4) is 0 Å². The molecular formula is C6H5BBrN. The summed E-state index contributed by atoms with van der Waals surface area (Å²) in [5.41, 5.74) is 1.71. The minimum atomic E-state index is 0.708. The van der Waals surface area contributed by atoms with E-state index in [1.54, 1.807) is 6.20 Å². The van der Waals surface area contributed by atoms with Gasteiger partial charge in [0, 0.05) is 11.5 Å². The highest BCUT2D eigenvalue weighted by molar-refractivity contribution is 9.08. The highest BCUT2D eigenvalue weighted by atomic mass is 79.9. The van der Waals surface area contributed by atoms with E-state index in [4.69, 9.17) is 7.85 Å². The molecule has 0 spiro atoms. The molecule has 0 aromatic carbocycles. The van der Waals surface area contributed by atoms with Gasteiger partial charge in [0.15, 0.2) is 0 Å². The lowest BCUT2D eigenvalue weighted by atomic mass is 9.99. The van der Waals surface area contributed by atoms with Crippen molar-refractivity contribution in [3.63, 3.8) is 0 Å². The highest BCUT2D eigenvalue weighted by Gasteiger charge is 1.87. The molecule has 1 nitrogen and oxygen atoms in total. The molecule has 1 aromatic heterocycles. The van der Waals surface area contributed by atoms with Crippen LogP contribution in [0.4, 0.5) is 0 Å². The second kappa shape index (κ2) is 3.02. The first kappa shape index (κ1) is 6.81. The Balaban J connectivity index is 2.88. The van der Waals surface area contributed by atoms with Crippen LogP contribution in [-0.2, 0) is 5.33 Å². The molecule has 0 amide bonds. The largest absolute Gasteiger partial charge is 0.261 e. The van der Waals surface area contributed by atoms with Gasteiger partial charge in [0.2, 0.25) is 0 Å². The van der Waals surface area contributed by atoms with E-state index in [0.717, 1.165) is 11.0 Å². The molecule has 0 aliphatic carbocycles. The summed E-state index contributed by atoms with van der Waals surface area (Å²) in [5.74, 6) is 0. The van der Waals surface area contributed by atoms with Crippen LogP contribution in [0.5, 0.6) is 0 Å². The number of rotatable bonds is 1. The number of hydrogen-bond acceptors (Lipinski definition) is 1. The average Bonchev–Trinajstić information content (AvgIpc) is 1.90. The number of hydrogen-bond donors (Lipinski definition) is 0. The van der Waals surface area contributed by atoms with E-state index in [9.17, 15) is 0 Å². The Labute approximate surface area is 64.0 Å². The average molecular weight is 182 g/mol. The zero-order chi connectivity index (χ0) is 6.69. The Bertz CT molecular complexity index is 185. The molecule has 0 atom stereocenters. The third kappa shape index (κ3) is 1.82. The molecule has 0 aliphatic heterocycles. The van der Waals surface area contributed by atoms with Crippen LogP contribution in [0.15, 0.2) is 18.3 Å². The summed E-state index contributed by atoms with van der Waals surface area (Å²) in [7, 11) is 5.40. The van der Waals surface area contributed by atoms with Gasteiger partial charge in [-0.25, -0.2) is 0 Å². The van der Waals surface area contributed by atoms with E-state index in [2.05, 4.69) is 20.9 Å². The van der Waals surface area contributed by atoms with Crippen molar-refractivity contribution < 1.29 is 0 Å². The fourth-order valence-electron chi connectivity index (χ4n) is 0.515. The molecule has 1 heterocycles. The summed E-state index contributed by atoms with van der Waals surface area (Å²) in [6.45, 7) is 0. The molecule has 0 unspecified atom stereocenters. The van der Waals surface area contributed by atoms with Gasteiger partial charge in [-0.2, -0.15) is 0 Å². The van der Waals surface area contributed by atoms with E-state index in [-0.39, 0.29) is 0 Å². The van der Waals surface area contributed by atoms with Crippen LogP contribution in [-0.4, -0.2) is 12.8 Å². The van der Waals surface area contributed by atoms with Gasteiger partial charge in [0.1, 0.15) is 7.85 Å². The van der Waals surface area contributed by atoms with Gasteiger partial charge in [-0.05, 0) is 6.07 Å². The SMILES string of the molecule is [B]c1ccc(CBr)nc1. The van der Waals surface area contributed by atoms with Crippen molar-refractivity contribution in [1.29, 1.82) is 0 Å². The molecule has 3 heteroatoms. The van der Waals surface area contributed by atoms with Crippen LogP contribution in [0.25, 0.3) is 0 Å². The van der Waals surface area contributed by atoms with Gasteiger partial charge in [-0.3, -0.25) is 4.98 Å². The zero-order valence-electron chi connectivity index (χ0n) is 4.84. The summed E-state index contributed by atoms with van der Waals surface area (Å²) in [4.78, 5) is 4.02. The van der Waals surface area contributed by atoms with Gasteiger partial charge in [0.05, 0.1) is 5.69 Å². The van der Waals surface area contributed by atoms with Crippen LogP contribution in [0.2, 0.25) is 0 Å². The van der Waals surface area contributed by atoms with E-state index in [1.165, 1.54) is 0 Å². The lowest BCUT2D eigenvalue weighted by Crippen LogP contribution is -2.02. The summed E-state index contributed by atoms with van der Waals surface area (Å²) < 4.78 is 0. The fraction of sp³-hybridized carbons (Fsp3) is 0.167. The van der Waals surface area contributed by atoms with Gasteiger partial charge < -0.3 is 0 Å². The normalized spacial score (nSPS) is 9.44. The number of halogens is 1. The zero-order valence-corrected chi connectivity index (χ0v) is 6.43. The van der Waals surface area contributed by atoms with Gasteiger partial charge in [-0.15, -0.1) is 0 Å². The van der Waals surface area contributed by atoms with Crippen LogP contribution >= 0.6 is 15.9 Å². The molecule has 0 fully saturated rings. The number of pyridine rings is 1. The molecule has 9 heavy (non-hydrogen) atoms. The van der Waals surface area contributed by atoms with E-state index >= 15 is 0 Å². The molecule has 2 radical (unpaired) electrons. The molecule has 0 N–H and O–H groups in total. The molecule has 44 valence electrons. The number of nitrogens with zero attached hydrogens (tertiary/aromatic N) is 1. The smallest absolute Gasteiger partial charge is 0.115 e. The van der Waals surface area contributed by atoms with Gasteiger partial charge in [-0.1, -0.05) is 27.5 Å². The Morgan fingerprint density at radius 2 is 2.33 bits per heavy atom. The van der Waals surface area contributed by atoms with E-state index < -0.39 is 0 Å². The maximum Gasteiger partial charge on any atom is 0.115 e. The predicted octanol–water partition coefficient (Wildman–Crippen LogP) is 0.770.